The zero-order valence-electron chi connectivity index (χ0n) is 16.9. The van der Waals surface area contributed by atoms with Gasteiger partial charge in [0.05, 0.1) is 6.10 Å². The van der Waals surface area contributed by atoms with Crippen molar-refractivity contribution in [3.8, 4) is 0 Å². The molecule has 1 N–H and O–H groups in total. The Morgan fingerprint density at radius 1 is 0.926 bits per heavy atom. The number of methoxy groups -OCH3 is 1. The van der Waals surface area contributed by atoms with E-state index in [4.69, 9.17) is 4.74 Å². The first kappa shape index (κ1) is 20.0. The van der Waals surface area contributed by atoms with Crippen molar-refractivity contribution in [2.45, 2.75) is 90.0 Å². The molecule has 4 saturated carbocycles. The van der Waals surface area contributed by atoms with Gasteiger partial charge in [0, 0.05) is 7.11 Å². The minimum atomic E-state index is -4.50. The van der Waals surface area contributed by atoms with Gasteiger partial charge in [0.1, 0.15) is 0 Å². The maximum atomic E-state index is 13.3. The van der Waals surface area contributed by atoms with E-state index < -0.39 is 18.2 Å². The van der Waals surface area contributed by atoms with Crippen LogP contribution in [-0.2, 0) is 4.74 Å². The average Bonchev–Trinajstić information content (AvgIpc) is 2.96. The first-order valence-electron chi connectivity index (χ1n) is 10.9. The summed E-state index contributed by atoms with van der Waals surface area (Å²) in [4.78, 5) is 0. The van der Waals surface area contributed by atoms with Crippen molar-refractivity contribution in [3.63, 3.8) is 0 Å². The zero-order chi connectivity index (χ0) is 19.6. The van der Waals surface area contributed by atoms with E-state index in [-0.39, 0.29) is 5.41 Å². The van der Waals surface area contributed by atoms with Crippen molar-refractivity contribution in [3.05, 3.63) is 0 Å². The summed E-state index contributed by atoms with van der Waals surface area (Å²) in [7, 11) is 1.82. The van der Waals surface area contributed by atoms with Crippen LogP contribution in [0.1, 0.15) is 71.6 Å². The monoisotopic (exact) mass is 388 g/mol. The van der Waals surface area contributed by atoms with Crippen LogP contribution in [0.15, 0.2) is 0 Å². The normalized spacial score (nSPS) is 51.2. The van der Waals surface area contributed by atoms with E-state index >= 15 is 0 Å². The Labute approximate surface area is 161 Å². The van der Waals surface area contributed by atoms with Gasteiger partial charge in [-0.25, -0.2) is 0 Å². The van der Waals surface area contributed by atoms with Gasteiger partial charge in [-0.1, -0.05) is 13.8 Å². The van der Waals surface area contributed by atoms with Crippen molar-refractivity contribution in [2.24, 2.45) is 40.4 Å². The smallest absolute Gasteiger partial charge is 0.383 e. The molecule has 4 aliphatic rings. The lowest BCUT2D eigenvalue weighted by Crippen LogP contribution is -2.55. The van der Waals surface area contributed by atoms with Gasteiger partial charge in [-0.05, 0) is 98.2 Å². The van der Waals surface area contributed by atoms with Crippen LogP contribution < -0.4 is 0 Å². The summed E-state index contributed by atoms with van der Waals surface area (Å²) < 4.78 is 45.4. The lowest BCUT2D eigenvalue weighted by atomic mass is 9.44. The zero-order valence-corrected chi connectivity index (χ0v) is 16.9. The minimum Gasteiger partial charge on any atom is -0.383 e. The van der Waals surface area contributed by atoms with Gasteiger partial charge >= 0.3 is 6.18 Å². The number of halogens is 3. The number of alkyl halides is 3. The number of aliphatic hydroxyl groups is 1. The Bertz CT molecular complexity index is 564. The second-order valence-corrected chi connectivity index (χ2v) is 10.5. The highest BCUT2D eigenvalue weighted by molar-refractivity contribution is 5.10. The molecule has 0 spiro atoms. The molecule has 0 radical (unpaired) electrons. The third-order valence-electron chi connectivity index (χ3n) is 9.74. The summed E-state index contributed by atoms with van der Waals surface area (Å²) in [5.74, 6) is 1.58. The van der Waals surface area contributed by atoms with E-state index in [9.17, 15) is 18.3 Å². The van der Waals surface area contributed by atoms with Crippen LogP contribution in [0, 0.1) is 40.4 Å². The Morgan fingerprint density at radius 3 is 2.26 bits per heavy atom. The van der Waals surface area contributed by atoms with E-state index in [0.29, 0.717) is 41.6 Å². The van der Waals surface area contributed by atoms with Crippen LogP contribution in [0.3, 0.4) is 0 Å². The highest BCUT2D eigenvalue weighted by Crippen LogP contribution is 2.68. The fourth-order valence-corrected chi connectivity index (χ4v) is 8.22. The fraction of sp³-hybridized carbons (Fsp3) is 1.00. The van der Waals surface area contributed by atoms with Crippen molar-refractivity contribution >= 4 is 0 Å². The number of hydrogen-bond donors (Lipinski definition) is 1. The molecular formula is C22H35F3O2. The molecule has 0 aromatic carbocycles. The summed E-state index contributed by atoms with van der Waals surface area (Å²) in [6.07, 6.45) is 2.77. The Morgan fingerprint density at radius 2 is 1.59 bits per heavy atom. The predicted octanol–water partition coefficient (Wildman–Crippen LogP) is 5.58. The molecule has 4 aliphatic carbocycles. The third-order valence-corrected chi connectivity index (χ3v) is 9.74. The quantitative estimate of drug-likeness (QED) is 0.669. The average molecular weight is 389 g/mol. The molecule has 27 heavy (non-hydrogen) atoms. The Kier molecular flexibility index (Phi) is 4.90. The summed E-state index contributed by atoms with van der Waals surface area (Å²) in [5.41, 5.74) is -0.0387. The fourth-order valence-electron chi connectivity index (χ4n) is 8.22. The number of aliphatic hydroxyl groups excluding tert-OH is 1. The van der Waals surface area contributed by atoms with Gasteiger partial charge in [0.2, 0.25) is 0 Å². The molecule has 5 heteroatoms. The van der Waals surface area contributed by atoms with Crippen molar-refractivity contribution in [2.75, 3.05) is 7.11 Å². The number of rotatable bonds is 2. The molecule has 0 aliphatic heterocycles. The lowest BCUT2D eigenvalue weighted by Gasteiger charge is -2.61. The summed E-state index contributed by atoms with van der Waals surface area (Å²) in [6, 6.07) is 0. The minimum absolute atomic E-state index is 0.319. The largest absolute Gasteiger partial charge is 0.414 e. The SMILES string of the molecule is COC1CCC2(C)C(CCC3C2CCC2(C)C3CCC2C(O)C(F)(F)F)C1. The molecule has 0 aromatic heterocycles. The van der Waals surface area contributed by atoms with Gasteiger partial charge in [0.15, 0.2) is 6.10 Å². The van der Waals surface area contributed by atoms with E-state index in [2.05, 4.69) is 13.8 Å². The maximum Gasteiger partial charge on any atom is 0.414 e. The topological polar surface area (TPSA) is 29.5 Å². The van der Waals surface area contributed by atoms with Crippen LogP contribution >= 0.6 is 0 Å². The van der Waals surface area contributed by atoms with Gasteiger partial charge in [0.25, 0.3) is 0 Å². The van der Waals surface area contributed by atoms with E-state index in [1.165, 1.54) is 12.8 Å². The third kappa shape index (κ3) is 2.97. The van der Waals surface area contributed by atoms with Gasteiger partial charge in [-0.3, -0.25) is 0 Å². The summed E-state index contributed by atoms with van der Waals surface area (Å²) in [5, 5.41) is 10.0. The summed E-state index contributed by atoms with van der Waals surface area (Å²) in [6.45, 7) is 4.51. The highest BCUT2D eigenvalue weighted by Gasteiger charge is 2.63. The lowest BCUT2D eigenvalue weighted by molar-refractivity contribution is -0.235. The van der Waals surface area contributed by atoms with Crippen molar-refractivity contribution in [1.82, 2.24) is 0 Å². The predicted molar refractivity (Wildman–Crippen MR) is 98.1 cm³/mol. The van der Waals surface area contributed by atoms with Crippen molar-refractivity contribution < 1.29 is 23.0 Å². The van der Waals surface area contributed by atoms with E-state index in [0.717, 1.165) is 38.5 Å². The molecule has 0 amide bonds. The number of fused-ring (bicyclic) bond motifs is 5. The molecule has 4 fully saturated rings. The molecule has 9 unspecified atom stereocenters. The number of hydrogen-bond acceptors (Lipinski definition) is 2. The van der Waals surface area contributed by atoms with Crippen molar-refractivity contribution in [1.29, 1.82) is 0 Å². The first-order valence-corrected chi connectivity index (χ1v) is 10.9. The second kappa shape index (κ2) is 6.62. The first-order chi connectivity index (χ1) is 12.6. The van der Waals surface area contributed by atoms with Crippen LogP contribution in [0.2, 0.25) is 0 Å². The molecule has 9 atom stereocenters. The van der Waals surface area contributed by atoms with Gasteiger partial charge in [-0.2, -0.15) is 13.2 Å². The molecule has 0 heterocycles. The second-order valence-electron chi connectivity index (χ2n) is 10.5. The van der Waals surface area contributed by atoms with Crippen LogP contribution in [0.25, 0.3) is 0 Å². The van der Waals surface area contributed by atoms with Gasteiger partial charge < -0.3 is 9.84 Å². The maximum absolute atomic E-state index is 13.3. The van der Waals surface area contributed by atoms with Crippen LogP contribution in [0.5, 0.6) is 0 Å². The van der Waals surface area contributed by atoms with Crippen LogP contribution in [-0.4, -0.2) is 30.6 Å². The molecule has 4 rings (SSSR count). The Hall–Kier alpha value is -0.290. The molecule has 0 bridgehead atoms. The highest BCUT2D eigenvalue weighted by atomic mass is 19.4. The van der Waals surface area contributed by atoms with Gasteiger partial charge in [-0.15, -0.1) is 0 Å². The molecule has 156 valence electrons. The Balaban J connectivity index is 1.56. The number of ether oxygens (including phenoxy) is 1. The molecule has 0 aromatic rings. The summed E-state index contributed by atoms with van der Waals surface area (Å²) >= 11 is 0. The molecular weight excluding hydrogens is 353 g/mol. The molecule has 0 saturated heterocycles. The van der Waals surface area contributed by atoms with E-state index in [1.807, 2.05) is 7.11 Å². The van der Waals surface area contributed by atoms with E-state index in [1.54, 1.807) is 0 Å². The standard InChI is InChI=1S/C22H35F3O2/c1-20-10-8-14(27-3)12-13(20)4-5-15-16-6-7-18(19(26)22(23,24)25)21(16,2)11-9-17(15)20/h13-19,26H,4-12H2,1-3H3. The van der Waals surface area contributed by atoms with Crippen LogP contribution in [0.4, 0.5) is 13.2 Å². The molecule has 2 nitrogen and oxygen atoms in total.